The van der Waals surface area contributed by atoms with E-state index in [-0.39, 0.29) is 23.1 Å². The molecule has 1 amide bonds. The average molecular weight is 504 g/mol. The maximum Gasteiger partial charge on any atom is 0.293 e. The number of carbonyl (C=O) groups is 1. The molecule has 1 saturated heterocycles. The summed E-state index contributed by atoms with van der Waals surface area (Å²) in [5.74, 6) is -0.320. The van der Waals surface area contributed by atoms with Crippen molar-refractivity contribution >= 4 is 33.9 Å². The summed E-state index contributed by atoms with van der Waals surface area (Å²) in [6.07, 6.45) is 4.65. The standard InChI is InChI=1S/C19H22BrN9O3/c1-11-4-2-3-7-28(11)10-14-16(23-27-29(14)18-17(21)25-32-26-18)19(31)24-22-9-12-8-13(20)5-6-15(12)30/h5-6,8-9,11,30H,2-4,7,10H2,1H3,(H2,21,25)(H,24,31)/b22-9+/t11-/m0/s1. The summed E-state index contributed by atoms with van der Waals surface area (Å²) in [4.78, 5) is 15.1. The van der Waals surface area contributed by atoms with Crippen molar-refractivity contribution in [1.82, 2.24) is 35.6 Å². The Morgan fingerprint density at radius 2 is 2.28 bits per heavy atom. The van der Waals surface area contributed by atoms with Crippen molar-refractivity contribution in [1.29, 1.82) is 0 Å². The van der Waals surface area contributed by atoms with Crippen LogP contribution in [0.4, 0.5) is 5.82 Å². The molecule has 0 spiro atoms. The lowest BCUT2D eigenvalue weighted by atomic mass is 10.0. The Morgan fingerprint density at radius 1 is 1.44 bits per heavy atom. The van der Waals surface area contributed by atoms with Gasteiger partial charge >= 0.3 is 0 Å². The molecule has 1 aliphatic rings. The zero-order valence-corrected chi connectivity index (χ0v) is 18.9. The van der Waals surface area contributed by atoms with E-state index in [1.54, 1.807) is 12.1 Å². The highest BCUT2D eigenvalue weighted by molar-refractivity contribution is 9.10. The summed E-state index contributed by atoms with van der Waals surface area (Å²) in [7, 11) is 0. The number of nitrogens with one attached hydrogen (secondary N) is 1. The summed E-state index contributed by atoms with van der Waals surface area (Å²) in [6.45, 7) is 3.45. The molecule has 32 heavy (non-hydrogen) atoms. The maximum atomic E-state index is 12.9. The summed E-state index contributed by atoms with van der Waals surface area (Å²) < 4.78 is 6.82. The number of amides is 1. The number of anilines is 1. The van der Waals surface area contributed by atoms with Gasteiger partial charge in [0.1, 0.15) is 5.75 Å². The molecule has 0 bridgehead atoms. The van der Waals surface area contributed by atoms with Gasteiger partial charge in [-0.1, -0.05) is 27.6 Å². The molecule has 4 rings (SSSR count). The Hall–Kier alpha value is -3.32. The predicted molar refractivity (Wildman–Crippen MR) is 118 cm³/mol. The number of hydrazone groups is 1. The molecule has 0 saturated carbocycles. The second-order valence-corrected chi connectivity index (χ2v) is 8.40. The summed E-state index contributed by atoms with van der Waals surface area (Å²) in [5.41, 5.74) is 9.29. The van der Waals surface area contributed by atoms with Crippen LogP contribution >= 0.6 is 15.9 Å². The van der Waals surface area contributed by atoms with Gasteiger partial charge in [0.25, 0.3) is 5.91 Å². The van der Waals surface area contributed by atoms with E-state index in [0.717, 1.165) is 23.9 Å². The van der Waals surface area contributed by atoms with Crippen LogP contribution in [0.25, 0.3) is 5.82 Å². The predicted octanol–water partition coefficient (Wildman–Crippen LogP) is 1.84. The van der Waals surface area contributed by atoms with Crippen molar-refractivity contribution < 1.29 is 14.5 Å². The summed E-state index contributed by atoms with van der Waals surface area (Å²) >= 11 is 3.33. The van der Waals surface area contributed by atoms with Gasteiger partial charge in [-0.2, -0.15) is 9.78 Å². The Labute approximate surface area is 191 Å². The Morgan fingerprint density at radius 3 is 3.03 bits per heavy atom. The number of aromatic nitrogens is 5. The molecular weight excluding hydrogens is 482 g/mol. The SMILES string of the molecule is C[C@H]1CCCCN1Cc1c(C(=O)N/N=C/c2cc(Br)ccc2O)nnn1-c1nonc1N. The van der Waals surface area contributed by atoms with Crippen LogP contribution in [0.1, 0.15) is 47.9 Å². The number of carbonyl (C=O) groups excluding carboxylic acids is 1. The van der Waals surface area contributed by atoms with E-state index in [1.165, 1.54) is 23.4 Å². The van der Waals surface area contributed by atoms with Crippen molar-refractivity contribution in [2.24, 2.45) is 5.10 Å². The molecule has 4 N–H and O–H groups in total. The molecule has 1 aliphatic heterocycles. The minimum absolute atomic E-state index is 0.0333. The lowest BCUT2D eigenvalue weighted by Crippen LogP contribution is -2.38. The topological polar surface area (TPSA) is 161 Å². The van der Waals surface area contributed by atoms with Gasteiger partial charge in [-0.3, -0.25) is 9.69 Å². The quantitative estimate of drug-likeness (QED) is 0.336. The van der Waals surface area contributed by atoms with Crippen molar-refractivity contribution in [2.75, 3.05) is 12.3 Å². The van der Waals surface area contributed by atoms with Gasteiger partial charge in [-0.25, -0.2) is 10.1 Å². The smallest absolute Gasteiger partial charge is 0.293 e. The zero-order chi connectivity index (χ0) is 22.7. The van der Waals surface area contributed by atoms with Crippen molar-refractivity contribution in [3.05, 3.63) is 39.6 Å². The van der Waals surface area contributed by atoms with Crippen LogP contribution in [0.15, 0.2) is 32.4 Å². The highest BCUT2D eigenvalue weighted by Crippen LogP contribution is 2.23. The van der Waals surface area contributed by atoms with Gasteiger partial charge in [0, 0.05) is 22.6 Å². The fourth-order valence-corrected chi connectivity index (χ4v) is 3.93. The molecule has 1 atom stereocenters. The lowest BCUT2D eigenvalue weighted by molar-refractivity contribution is 0.0945. The molecule has 3 heterocycles. The summed E-state index contributed by atoms with van der Waals surface area (Å²) in [5, 5.41) is 29.3. The van der Waals surface area contributed by atoms with Crippen molar-refractivity contribution in [3.63, 3.8) is 0 Å². The number of nitrogen functional groups attached to an aromatic ring is 1. The van der Waals surface area contributed by atoms with E-state index < -0.39 is 5.91 Å². The number of halogens is 1. The molecule has 12 nitrogen and oxygen atoms in total. The fourth-order valence-electron chi connectivity index (χ4n) is 3.55. The van der Waals surface area contributed by atoms with E-state index in [2.05, 4.69) is 58.9 Å². The van der Waals surface area contributed by atoms with E-state index >= 15 is 0 Å². The zero-order valence-electron chi connectivity index (χ0n) is 17.3. The maximum absolute atomic E-state index is 12.9. The Balaban J connectivity index is 1.60. The fraction of sp³-hybridized carbons (Fsp3) is 0.368. The van der Waals surface area contributed by atoms with Gasteiger partial charge in [0.2, 0.25) is 11.6 Å². The third kappa shape index (κ3) is 4.62. The van der Waals surface area contributed by atoms with E-state index in [0.29, 0.717) is 23.8 Å². The van der Waals surface area contributed by atoms with Crippen LogP contribution in [-0.2, 0) is 6.54 Å². The number of aromatic hydroxyl groups is 1. The number of rotatable bonds is 6. The number of hydrogen-bond acceptors (Lipinski definition) is 10. The monoisotopic (exact) mass is 503 g/mol. The Bertz CT molecular complexity index is 1140. The van der Waals surface area contributed by atoms with Gasteiger partial charge in [0.15, 0.2) is 5.69 Å². The second kappa shape index (κ2) is 9.44. The van der Waals surface area contributed by atoms with Crippen LogP contribution in [0, 0.1) is 0 Å². The normalized spacial score (nSPS) is 17.1. The molecule has 2 aromatic heterocycles. The lowest BCUT2D eigenvalue weighted by Gasteiger charge is -2.33. The molecule has 168 valence electrons. The average Bonchev–Trinajstić information content (AvgIpc) is 3.38. The number of nitrogens with two attached hydrogens (primary N) is 1. The minimum atomic E-state index is -0.559. The van der Waals surface area contributed by atoms with E-state index in [4.69, 9.17) is 10.4 Å². The first-order chi connectivity index (χ1) is 15.4. The highest BCUT2D eigenvalue weighted by atomic mass is 79.9. The van der Waals surface area contributed by atoms with Crippen molar-refractivity contribution in [3.8, 4) is 11.6 Å². The number of likely N-dealkylation sites (tertiary alicyclic amines) is 1. The van der Waals surface area contributed by atoms with Gasteiger partial charge in [0.05, 0.1) is 11.9 Å². The largest absolute Gasteiger partial charge is 0.507 e. The Kier molecular flexibility index (Phi) is 6.46. The second-order valence-electron chi connectivity index (χ2n) is 7.49. The highest BCUT2D eigenvalue weighted by Gasteiger charge is 2.28. The molecule has 1 aromatic carbocycles. The third-order valence-electron chi connectivity index (χ3n) is 5.33. The number of piperidine rings is 1. The molecule has 0 radical (unpaired) electrons. The van der Waals surface area contributed by atoms with Crippen LogP contribution in [0.2, 0.25) is 0 Å². The number of phenolic OH excluding ortho intramolecular Hbond substituents is 1. The first-order valence-corrected chi connectivity index (χ1v) is 10.8. The van der Waals surface area contributed by atoms with Crippen molar-refractivity contribution in [2.45, 2.75) is 38.8 Å². The minimum Gasteiger partial charge on any atom is -0.507 e. The first kappa shape index (κ1) is 21.9. The van der Waals surface area contributed by atoms with E-state index in [1.807, 2.05) is 0 Å². The number of hydrogen-bond donors (Lipinski definition) is 3. The van der Waals surface area contributed by atoms with Crippen LogP contribution < -0.4 is 11.2 Å². The first-order valence-electron chi connectivity index (χ1n) is 10.0. The molecular formula is C19H22BrN9O3. The number of nitrogens with zero attached hydrogens (tertiary/aromatic N) is 7. The molecule has 0 unspecified atom stereocenters. The van der Waals surface area contributed by atoms with Gasteiger partial charge < -0.3 is 10.8 Å². The molecule has 0 aliphatic carbocycles. The summed E-state index contributed by atoms with van der Waals surface area (Å²) in [6, 6.07) is 5.23. The third-order valence-corrected chi connectivity index (χ3v) is 5.82. The molecule has 3 aromatic rings. The van der Waals surface area contributed by atoms with E-state index in [9.17, 15) is 9.90 Å². The molecule has 1 fully saturated rings. The van der Waals surface area contributed by atoms with Gasteiger partial charge in [-0.05, 0) is 54.8 Å². The van der Waals surface area contributed by atoms with Crippen LogP contribution in [0.3, 0.4) is 0 Å². The number of benzene rings is 1. The van der Waals surface area contributed by atoms with Crippen LogP contribution in [-0.4, -0.2) is 60.0 Å². The van der Waals surface area contributed by atoms with Gasteiger partial charge in [-0.15, -0.1) is 5.10 Å². The number of phenols is 1. The molecule has 13 heteroatoms. The van der Waals surface area contributed by atoms with Crippen LogP contribution in [0.5, 0.6) is 5.75 Å².